The number of imidazole rings is 1. The van der Waals surface area contributed by atoms with E-state index in [9.17, 15) is 9.59 Å². The maximum absolute atomic E-state index is 11.7. The fourth-order valence-corrected chi connectivity index (χ4v) is 2.41. The van der Waals surface area contributed by atoms with Crippen LogP contribution in [0.4, 0.5) is 0 Å². The van der Waals surface area contributed by atoms with Gasteiger partial charge >= 0.3 is 5.97 Å². The van der Waals surface area contributed by atoms with Crippen molar-refractivity contribution < 1.29 is 14.7 Å². The molecule has 2 heterocycles. The zero-order chi connectivity index (χ0) is 13.0. The van der Waals surface area contributed by atoms with Gasteiger partial charge in [0.1, 0.15) is 0 Å². The van der Waals surface area contributed by atoms with Gasteiger partial charge in [0.15, 0.2) is 5.78 Å². The van der Waals surface area contributed by atoms with Crippen molar-refractivity contribution >= 4 is 23.1 Å². The molecule has 0 aliphatic carbocycles. The molecule has 5 nitrogen and oxygen atoms in total. The van der Waals surface area contributed by atoms with E-state index < -0.39 is 5.97 Å². The van der Waals surface area contributed by atoms with Crippen molar-refractivity contribution in [2.24, 2.45) is 0 Å². The summed E-state index contributed by atoms with van der Waals surface area (Å²) in [5, 5.41) is 10.4. The number of Topliss-reactive ketones (excluding diaryl/α,β-unsaturated/α-hetero) is 1. The standard InChI is InChI=1S/C12H12N2O3S/c15-10(1-2-12(16)17)11-5-9(7-18-11)6-14-4-3-13-8-14/h3-5,7-8H,1-2,6H2,(H,16,17). The van der Waals surface area contributed by atoms with Crippen molar-refractivity contribution in [3.63, 3.8) is 0 Å². The molecule has 0 fully saturated rings. The number of carboxylic acid groups (broad SMARTS) is 1. The van der Waals surface area contributed by atoms with E-state index in [2.05, 4.69) is 4.98 Å². The van der Waals surface area contributed by atoms with Crippen LogP contribution < -0.4 is 0 Å². The van der Waals surface area contributed by atoms with Crippen LogP contribution in [0.1, 0.15) is 28.1 Å². The largest absolute Gasteiger partial charge is 0.481 e. The Morgan fingerprint density at radius 2 is 2.22 bits per heavy atom. The topological polar surface area (TPSA) is 72.2 Å². The highest BCUT2D eigenvalue weighted by atomic mass is 32.1. The molecule has 0 saturated carbocycles. The Balaban J connectivity index is 1.97. The van der Waals surface area contributed by atoms with Crippen LogP contribution >= 0.6 is 11.3 Å². The summed E-state index contributed by atoms with van der Waals surface area (Å²) in [5.74, 6) is -1.06. The summed E-state index contributed by atoms with van der Waals surface area (Å²) in [6, 6.07) is 1.81. The molecule has 0 saturated heterocycles. The number of thiophene rings is 1. The first kappa shape index (κ1) is 12.5. The third-order valence-electron chi connectivity index (χ3n) is 2.42. The maximum atomic E-state index is 11.7. The van der Waals surface area contributed by atoms with E-state index in [0.717, 1.165) is 5.56 Å². The number of carbonyl (C=O) groups is 2. The van der Waals surface area contributed by atoms with Gasteiger partial charge in [0.2, 0.25) is 0 Å². The molecule has 0 aliphatic heterocycles. The fraction of sp³-hybridized carbons (Fsp3) is 0.250. The van der Waals surface area contributed by atoms with Crippen LogP contribution in [0, 0.1) is 0 Å². The van der Waals surface area contributed by atoms with Gasteiger partial charge in [0.25, 0.3) is 0 Å². The number of nitrogens with zero attached hydrogens (tertiary/aromatic N) is 2. The van der Waals surface area contributed by atoms with Gasteiger partial charge in [-0.25, -0.2) is 4.98 Å². The monoisotopic (exact) mass is 264 g/mol. The first-order chi connectivity index (χ1) is 8.65. The van der Waals surface area contributed by atoms with E-state index in [0.29, 0.717) is 11.4 Å². The number of aliphatic carboxylic acids is 1. The van der Waals surface area contributed by atoms with Crippen LogP contribution in [-0.2, 0) is 11.3 Å². The first-order valence-corrected chi connectivity index (χ1v) is 6.31. The van der Waals surface area contributed by atoms with Gasteiger partial charge in [-0.1, -0.05) is 0 Å². The average molecular weight is 264 g/mol. The summed E-state index contributed by atoms with van der Waals surface area (Å²) in [6.07, 6.45) is 5.20. The molecule has 0 amide bonds. The molecular weight excluding hydrogens is 252 g/mol. The van der Waals surface area contributed by atoms with Crippen molar-refractivity contribution in [1.29, 1.82) is 0 Å². The predicted molar refractivity (Wildman–Crippen MR) is 66.8 cm³/mol. The molecule has 0 aliphatic rings. The second-order valence-corrected chi connectivity index (χ2v) is 4.78. The molecule has 0 aromatic carbocycles. The van der Waals surface area contributed by atoms with Crippen molar-refractivity contribution in [3.05, 3.63) is 40.6 Å². The Labute approximate surface area is 108 Å². The fourth-order valence-electron chi connectivity index (χ4n) is 1.54. The summed E-state index contributed by atoms with van der Waals surface area (Å²) >= 11 is 1.35. The summed E-state index contributed by atoms with van der Waals surface area (Å²) in [4.78, 5) is 26.6. The molecule has 0 radical (unpaired) electrons. The third kappa shape index (κ3) is 3.27. The average Bonchev–Trinajstić information content (AvgIpc) is 2.98. The zero-order valence-corrected chi connectivity index (χ0v) is 10.4. The third-order valence-corrected chi connectivity index (χ3v) is 3.44. The molecule has 0 atom stereocenters. The Morgan fingerprint density at radius 1 is 1.39 bits per heavy atom. The van der Waals surface area contributed by atoms with Gasteiger partial charge < -0.3 is 9.67 Å². The van der Waals surface area contributed by atoms with Crippen LogP contribution in [0.25, 0.3) is 0 Å². The molecule has 2 aromatic heterocycles. The number of carboxylic acids is 1. The minimum Gasteiger partial charge on any atom is -0.481 e. The van der Waals surface area contributed by atoms with Gasteiger partial charge in [-0.2, -0.15) is 0 Å². The number of hydrogen-bond acceptors (Lipinski definition) is 4. The van der Waals surface area contributed by atoms with Crippen molar-refractivity contribution in [2.45, 2.75) is 19.4 Å². The normalized spacial score (nSPS) is 10.4. The lowest BCUT2D eigenvalue weighted by Gasteiger charge is -1.97. The van der Waals surface area contributed by atoms with Gasteiger partial charge in [-0.05, 0) is 17.0 Å². The van der Waals surface area contributed by atoms with Crippen LogP contribution in [0.5, 0.6) is 0 Å². The number of aromatic nitrogens is 2. The van der Waals surface area contributed by atoms with Gasteiger partial charge in [0, 0.05) is 25.4 Å². The minimum atomic E-state index is -0.946. The van der Waals surface area contributed by atoms with Crippen molar-refractivity contribution in [1.82, 2.24) is 9.55 Å². The minimum absolute atomic E-state index is 0.0559. The van der Waals surface area contributed by atoms with Crippen molar-refractivity contribution in [3.8, 4) is 0 Å². The summed E-state index contributed by atoms with van der Waals surface area (Å²) < 4.78 is 1.91. The Morgan fingerprint density at radius 3 is 2.89 bits per heavy atom. The van der Waals surface area contributed by atoms with Gasteiger partial charge in [-0.15, -0.1) is 11.3 Å². The van der Waals surface area contributed by atoms with E-state index in [4.69, 9.17) is 5.11 Å². The highest BCUT2D eigenvalue weighted by Gasteiger charge is 2.11. The molecule has 2 aromatic rings. The predicted octanol–water partition coefficient (Wildman–Crippen LogP) is 2.04. The Kier molecular flexibility index (Phi) is 3.88. The Bertz CT molecular complexity index is 545. The Hall–Kier alpha value is -1.95. The first-order valence-electron chi connectivity index (χ1n) is 5.43. The lowest BCUT2D eigenvalue weighted by atomic mass is 10.2. The van der Waals surface area contributed by atoms with E-state index in [1.54, 1.807) is 12.5 Å². The quantitative estimate of drug-likeness (QED) is 0.810. The summed E-state index contributed by atoms with van der Waals surface area (Å²) in [5.41, 5.74) is 1.02. The zero-order valence-electron chi connectivity index (χ0n) is 9.57. The molecule has 0 spiro atoms. The summed E-state index contributed by atoms with van der Waals surface area (Å²) in [7, 11) is 0. The van der Waals surface area contributed by atoms with Crippen molar-refractivity contribution in [2.75, 3.05) is 0 Å². The number of rotatable bonds is 6. The van der Waals surface area contributed by atoms with Crippen LogP contribution in [-0.4, -0.2) is 26.4 Å². The lowest BCUT2D eigenvalue weighted by Crippen LogP contribution is -2.02. The van der Waals surface area contributed by atoms with E-state index in [-0.39, 0.29) is 18.6 Å². The molecule has 1 N–H and O–H groups in total. The SMILES string of the molecule is O=C(O)CCC(=O)c1cc(Cn2ccnc2)cs1. The second kappa shape index (κ2) is 5.59. The lowest BCUT2D eigenvalue weighted by molar-refractivity contribution is -0.136. The van der Waals surface area contributed by atoms with Gasteiger partial charge in [-0.3, -0.25) is 9.59 Å². The van der Waals surface area contributed by atoms with Gasteiger partial charge in [0.05, 0.1) is 17.6 Å². The van der Waals surface area contributed by atoms with Crippen LogP contribution in [0.15, 0.2) is 30.2 Å². The van der Waals surface area contributed by atoms with E-state index in [1.165, 1.54) is 11.3 Å². The van der Waals surface area contributed by atoms with E-state index in [1.807, 2.05) is 22.2 Å². The maximum Gasteiger partial charge on any atom is 0.303 e. The highest BCUT2D eigenvalue weighted by molar-refractivity contribution is 7.12. The molecule has 6 heteroatoms. The van der Waals surface area contributed by atoms with Crippen LogP contribution in [0.2, 0.25) is 0 Å². The number of carbonyl (C=O) groups excluding carboxylic acids is 1. The molecule has 94 valence electrons. The number of ketones is 1. The molecule has 18 heavy (non-hydrogen) atoms. The molecule has 0 unspecified atom stereocenters. The summed E-state index contributed by atoms with van der Waals surface area (Å²) in [6.45, 7) is 0.669. The number of hydrogen-bond donors (Lipinski definition) is 1. The molecule has 2 rings (SSSR count). The van der Waals surface area contributed by atoms with Crippen LogP contribution in [0.3, 0.4) is 0 Å². The molecular formula is C12H12N2O3S. The highest BCUT2D eigenvalue weighted by Crippen LogP contribution is 2.18. The smallest absolute Gasteiger partial charge is 0.303 e. The second-order valence-electron chi connectivity index (χ2n) is 3.87. The van der Waals surface area contributed by atoms with E-state index >= 15 is 0 Å². The molecule has 0 bridgehead atoms.